The third kappa shape index (κ3) is 5.34. The van der Waals surface area contributed by atoms with Gasteiger partial charge in [0.05, 0.1) is 25.8 Å². The van der Waals surface area contributed by atoms with E-state index < -0.39 is 6.16 Å². The van der Waals surface area contributed by atoms with Gasteiger partial charge in [-0.2, -0.15) is 0 Å². The molecule has 1 aromatic heterocycles. The summed E-state index contributed by atoms with van der Waals surface area (Å²) in [6.45, 7) is 2.22. The van der Waals surface area contributed by atoms with Crippen molar-refractivity contribution in [1.29, 1.82) is 0 Å². The lowest BCUT2D eigenvalue weighted by atomic mass is 9.99. The lowest BCUT2D eigenvalue weighted by Gasteiger charge is -2.17. The van der Waals surface area contributed by atoms with E-state index in [1.54, 1.807) is 39.4 Å². The van der Waals surface area contributed by atoms with Crippen LogP contribution in [0.3, 0.4) is 0 Å². The van der Waals surface area contributed by atoms with Crippen LogP contribution in [0.5, 0.6) is 17.2 Å². The molecule has 0 spiro atoms. The molecule has 0 atom stereocenters. The molecule has 39 heavy (non-hydrogen) atoms. The van der Waals surface area contributed by atoms with Crippen LogP contribution in [0, 0.1) is 5.82 Å². The Bertz CT molecular complexity index is 1540. The Morgan fingerprint density at radius 3 is 2.44 bits per heavy atom. The minimum absolute atomic E-state index is 0.134. The van der Waals surface area contributed by atoms with E-state index in [-0.39, 0.29) is 37.2 Å². The van der Waals surface area contributed by atoms with Crippen molar-refractivity contribution in [3.8, 4) is 17.2 Å². The van der Waals surface area contributed by atoms with E-state index in [2.05, 4.69) is 4.98 Å². The quantitative estimate of drug-likeness (QED) is 0.214. The van der Waals surface area contributed by atoms with E-state index in [0.29, 0.717) is 34.2 Å². The average molecular weight is 531 g/mol. The minimum Gasteiger partial charge on any atom is -0.497 e. The van der Waals surface area contributed by atoms with Crippen LogP contribution >= 0.6 is 0 Å². The maximum Gasteiger partial charge on any atom is 0.513 e. The molecule has 0 radical (unpaired) electrons. The van der Waals surface area contributed by atoms with Crippen LogP contribution in [0.4, 0.5) is 9.18 Å². The Kier molecular flexibility index (Phi) is 7.31. The first-order chi connectivity index (χ1) is 18.9. The molecule has 0 unspecified atom stereocenters. The molecular weight excluding hydrogens is 503 g/mol. The van der Waals surface area contributed by atoms with Gasteiger partial charge in [-0.25, -0.2) is 9.18 Å². The van der Waals surface area contributed by atoms with Gasteiger partial charge in [-0.1, -0.05) is 24.3 Å². The van der Waals surface area contributed by atoms with Gasteiger partial charge in [0.2, 0.25) is 0 Å². The number of benzene rings is 3. The second-order valence-corrected chi connectivity index (χ2v) is 9.14. The number of aromatic nitrogens is 1. The van der Waals surface area contributed by atoms with Gasteiger partial charge in [0.25, 0.3) is 5.91 Å². The second kappa shape index (κ2) is 11.0. The van der Waals surface area contributed by atoms with Crippen molar-refractivity contribution in [3.05, 3.63) is 94.4 Å². The summed E-state index contributed by atoms with van der Waals surface area (Å²) in [5.41, 5.74) is 3.77. The molecule has 1 amide bonds. The molecule has 4 aromatic rings. The Labute approximate surface area is 224 Å². The highest BCUT2D eigenvalue weighted by Crippen LogP contribution is 2.45. The predicted octanol–water partition coefficient (Wildman–Crippen LogP) is 5.67. The number of carbonyl (C=O) groups is 2. The molecule has 0 fully saturated rings. The van der Waals surface area contributed by atoms with Crippen molar-refractivity contribution >= 4 is 23.0 Å². The summed E-state index contributed by atoms with van der Waals surface area (Å²) in [5.74, 6) is 0.667. The molecule has 3 aromatic carbocycles. The summed E-state index contributed by atoms with van der Waals surface area (Å²) in [4.78, 5) is 31.9. The number of fused-ring (bicyclic) bond motifs is 2. The zero-order valence-corrected chi connectivity index (χ0v) is 21.8. The van der Waals surface area contributed by atoms with Crippen molar-refractivity contribution in [1.82, 2.24) is 9.88 Å². The standard InChI is InChI=1S/C30H27FN2O6/c1-4-37-30(35)39-27-23-14-20(13-18-5-9-21(31)10-6-18)15-32-26(23)28(25-24(27)16-33(2)29(25)34)38-17-19-7-11-22(36-3)12-8-19/h5-12,14-15H,4,13,16-17H2,1-3H3. The van der Waals surface area contributed by atoms with Crippen LogP contribution in [0.15, 0.2) is 60.8 Å². The third-order valence-electron chi connectivity index (χ3n) is 6.47. The van der Waals surface area contributed by atoms with E-state index in [1.807, 2.05) is 30.3 Å². The Hall–Kier alpha value is -4.66. The van der Waals surface area contributed by atoms with E-state index >= 15 is 0 Å². The first kappa shape index (κ1) is 26.0. The molecule has 0 aliphatic carbocycles. The number of halogens is 1. The normalized spacial score (nSPS) is 12.4. The summed E-state index contributed by atoms with van der Waals surface area (Å²) < 4.78 is 35.6. The topological polar surface area (TPSA) is 87.2 Å². The van der Waals surface area contributed by atoms with Gasteiger partial charge in [0.15, 0.2) is 5.75 Å². The third-order valence-corrected chi connectivity index (χ3v) is 6.47. The van der Waals surface area contributed by atoms with Crippen LogP contribution in [0.2, 0.25) is 0 Å². The van der Waals surface area contributed by atoms with Crippen LogP contribution in [-0.4, -0.2) is 42.7 Å². The molecule has 0 N–H and O–H groups in total. The first-order valence-electron chi connectivity index (χ1n) is 12.5. The number of hydrogen-bond donors (Lipinski definition) is 0. The maximum atomic E-state index is 13.4. The zero-order valence-electron chi connectivity index (χ0n) is 21.8. The summed E-state index contributed by atoms with van der Waals surface area (Å²) in [5, 5.41) is 0.509. The van der Waals surface area contributed by atoms with Gasteiger partial charge >= 0.3 is 6.16 Å². The number of rotatable bonds is 8. The molecule has 2 heterocycles. The van der Waals surface area contributed by atoms with Crippen LogP contribution in [0.1, 0.15) is 39.5 Å². The number of nitrogens with zero attached hydrogens (tertiary/aromatic N) is 2. The fraction of sp³-hybridized carbons (Fsp3) is 0.233. The van der Waals surface area contributed by atoms with Gasteiger partial charge in [-0.15, -0.1) is 0 Å². The largest absolute Gasteiger partial charge is 0.513 e. The Morgan fingerprint density at radius 1 is 1.03 bits per heavy atom. The molecule has 0 bridgehead atoms. The molecule has 0 saturated heterocycles. The van der Waals surface area contributed by atoms with E-state index in [9.17, 15) is 14.0 Å². The molecule has 1 aliphatic heterocycles. The summed E-state index contributed by atoms with van der Waals surface area (Å²) >= 11 is 0. The lowest BCUT2D eigenvalue weighted by Crippen LogP contribution is -2.18. The minimum atomic E-state index is -0.876. The molecule has 5 rings (SSSR count). The fourth-order valence-electron chi connectivity index (χ4n) is 4.57. The van der Waals surface area contributed by atoms with Gasteiger partial charge < -0.3 is 23.8 Å². The second-order valence-electron chi connectivity index (χ2n) is 9.14. The highest BCUT2D eigenvalue weighted by Gasteiger charge is 2.36. The summed E-state index contributed by atoms with van der Waals surface area (Å²) in [7, 11) is 3.26. The van der Waals surface area contributed by atoms with E-state index in [1.165, 1.54) is 17.0 Å². The molecule has 0 saturated carbocycles. The highest BCUT2D eigenvalue weighted by molar-refractivity contribution is 6.09. The molecule has 9 heteroatoms. The number of amides is 1. The smallest absolute Gasteiger partial charge is 0.497 e. The number of carbonyl (C=O) groups excluding carboxylic acids is 2. The monoisotopic (exact) mass is 530 g/mol. The number of ether oxygens (including phenoxy) is 4. The van der Waals surface area contributed by atoms with Crippen LogP contribution in [0.25, 0.3) is 10.9 Å². The van der Waals surface area contributed by atoms with Crippen molar-refractivity contribution in [2.75, 3.05) is 20.8 Å². The zero-order chi connectivity index (χ0) is 27.5. The number of pyridine rings is 1. The SMILES string of the molecule is CCOC(=O)Oc1c2c(c(OCc3ccc(OC)cc3)c3ncc(Cc4ccc(F)cc4)cc13)C(=O)N(C)C2. The van der Waals surface area contributed by atoms with Crippen molar-refractivity contribution < 1.29 is 32.9 Å². The Balaban J connectivity index is 1.62. The van der Waals surface area contributed by atoms with E-state index in [4.69, 9.17) is 18.9 Å². The summed E-state index contributed by atoms with van der Waals surface area (Å²) in [6, 6.07) is 15.5. The number of methoxy groups -OCH3 is 1. The number of hydrogen-bond acceptors (Lipinski definition) is 7. The molecule has 1 aliphatic rings. The van der Waals surface area contributed by atoms with Gasteiger partial charge in [-0.3, -0.25) is 9.78 Å². The van der Waals surface area contributed by atoms with Gasteiger partial charge in [-0.05, 0) is 60.4 Å². The first-order valence-corrected chi connectivity index (χ1v) is 12.5. The fourth-order valence-corrected chi connectivity index (χ4v) is 4.57. The molecular formula is C30H27FN2O6. The van der Waals surface area contributed by atoms with Gasteiger partial charge in [0.1, 0.15) is 29.4 Å². The average Bonchev–Trinajstić information content (AvgIpc) is 3.23. The predicted molar refractivity (Wildman–Crippen MR) is 142 cm³/mol. The molecule has 8 nitrogen and oxygen atoms in total. The lowest BCUT2D eigenvalue weighted by molar-refractivity contribution is 0.0813. The van der Waals surface area contributed by atoms with Crippen molar-refractivity contribution in [2.24, 2.45) is 0 Å². The molecule has 200 valence electrons. The van der Waals surface area contributed by atoms with Crippen molar-refractivity contribution in [3.63, 3.8) is 0 Å². The maximum absolute atomic E-state index is 13.4. The van der Waals surface area contributed by atoms with Gasteiger partial charge in [0, 0.05) is 24.2 Å². The Morgan fingerprint density at radius 2 is 1.74 bits per heavy atom. The van der Waals surface area contributed by atoms with E-state index in [0.717, 1.165) is 22.4 Å². The summed E-state index contributed by atoms with van der Waals surface area (Å²) in [6.07, 6.45) is 1.27. The highest BCUT2D eigenvalue weighted by atomic mass is 19.1. The van der Waals surface area contributed by atoms with Crippen LogP contribution in [-0.2, 0) is 24.3 Å². The van der Waals surface area contributed by atoms with Crippen LogP contribution < -0.4 is 14.2 Å². The van der Waals surface area contributed by atoms with Crippen molar-refractivity contribution in [2.45, 2.75) is 26.5 Å².